The van der Waals surface area contributed by atoms with Crippen molar-refractivity contribution in [2.45, 2.75) is 4.90 Å². The van der Waals surface area contributed by atoms with Crippen LogP contribution in [0.3, 0.4) is 0 Å². The predicted octanol–water partition coefficient (Wildman–Crippen LogP) is 1.01. The van der Waals surface area contributed by atoms with Gasteiger partial charge in [0, 0.05) is 35.9 Å². The van der Waals surface area contributed by atoms with E-state index in [-0.39, 0.29) is 12.2 Å². The van der Waals surface area contributed by atoms with E-state index in [1.165, 1.54) is 28.8 Å². The van der Waals surface area contributed by atoms with E-state index in [9.17, 15) is 19.7 Å². The second-order valence-electron chi connectivity index (χ2n) is 4.73. The third kappa shape index (κ3) is 3.90. The number of amides is 2. The number of hydrogen-bond donors (Lipinski definition) is 2. The number of carboxylic acid groups (broad SMARTS) is 1. The molecule has 1 aliphatic rings. The summed E-state index contributed by atoms with van der Waals surface area (Å²) in [6, 6.07) is 4.27. The van der Waals surface area contributed by atoms with Crippen molar-refractivity contribution in [1.29, 1.82) is 0 Å². The predicted molar refractivity (Wildman–Crippen MR) is 82.9 cm³/mol. The molecule has 0 fully saturated rings. The Balaban J connectivity index is 2.24. The van der Waals surface area contributed by atoms with Gasteiger partial charge in [-0.2, -0.15) is 0 Å². The van der Waals surface area contributed by atoms with E-state index >= 15 is 0 Å². The first-order valence-corrected chi connectivity index (χ1v) is 7.73. The van der Waals surface area contributed by atoms with Gasteiger partial charge in [0.2, 0.25) is 5.91 Å². The summed E-state index contributed by atoms with van der Waals surface area (Å²) in [4.78, 5) is 36.7. The average molecular weight is 341 g/mol. The van der Waals surface area contributed by atoms with Gasteiger partial charge in [0.25, 0.3) is 5.69 Å². The van der Waals surface area contributed by atoms with E-state index in [4.69, 9.17) is 10.2 Å². The van der Waals surface area contributed by atoms with Crippen molar-refractivity contribution in [3.05, 3.63) is 28.3 Å². The Kier molecular flexibility index (Phi) is 5.40. The molecule has 0 bridgehead atoms. The number of aliphatic hydroxyl groups is 1. The first-order chi connectivity index (χ1) is 10.9. The van der Waals surface area contributed by atoms with Gasteiger partial charge in [0.15, 0.2) is 0 Å². The maximum Gasteiger partial charge on any atom is 0.407 e. The Morgan fingerprint density at radius 1 is 1.43 bits per heavy atom. The lowest BCUT2D eigenvalue weighted by Crippen LogP contribution is -2.45. The summed E-state index contributed by atoms with van der Waals surface area (Å²) >= 11 is 1.48. The largest absolute Gasteiger partial charge is 0.465 e. The normalized spacial score (nSPS) is 13.3. The minimum atomic E-state index is -1.31. The van der Waals surface area contributed by atoms with E-state index in [1.54, 1.807) is 6.07 Å². The van der Waals surface area contributed by atoms with E-state index in [2.05, 4.69) is 0 Å². The molecular weight excluding hydrogens is 326 g/mol. The quantitative estimate of drug-likeness (QED) is 0.605. The Morgan fingerprint density at radius 2 is 2.17 bits per heavy atom. The molecule has 0 radical (unpaired) electrons. The van der Waals surface area contributed by atoms with Crippen LogP contribution in [-0.2, 0) is 4.79 Å². The fourth-order valence-electron chi connectivity index (χ4n) is 2.19. The summed E-state index contributed by atoms with van der Waals surface area (Å²) in [5, 5.41) is 28.8. The third-order valence-corrected chi connectivity index (χ3v) is 4.33. The lowest BCUT2D eigenvalue weighted by molar-refractivity contribution is -0.384. The molecule has 0 spiro atoms. The zero-order valence-corrected chi connectivity index (χ0v) is 12.9. The Bertz CT molecular complexity index is 638. The van der Waals surface area contributed by atoms with Crippen molar-refractivity contribution in [2.24, 2.45) is 0 Å². The van der Waals surface area contributed by atoms with Crippen LogP contribution in [0.2, 0.25) is 0 Å². The second-order valence-corrected chi connectivity index (χ2v) is 5.87. The Labute approximate surface area is 135 Å². The topological polar surface area (TPSA) is 124 Å². The monoisotopic (exact) mass is 341 g/mol. The number of benzene rings is 1. The molecule has 1 aliphatic heterocycles. The van der Waals surface area contributed by atoms with Gasteiger partial charge in [-0.25, -0.2) is 4.79 Å². The van der Waals surface area contributed by atoms with Crippen LogP contribution in [0.25, 0.3) is 0 Å². The minimum absolute atomic E-state index is 0.130. The standard InChI is InChI=1S/C13H15N3O6S/c17-5-3-14(13(19)20)8-12(18)15-4-6-23-11-2-1-9(16(21)22)7-10(11)15/h1-2,7,17H,3-6,8H2,(H,19,20). The van der Waals surface area contributed by atoms with Crippen molar-refractivity contribution < 1.29 is 24.7 Å². The van der Waals surface area contributed by atoms with Gasteiger partial charge >= 0.3 is 6.09 Å². The van der Waals surface area contributed by atoms with Gasteiger partial charge in [0.1, 0.15) is 6.54 Å². The first kappa shape index (κ1) is 17.0. The number of nitro groups is 1. The SMILES string of the molecule is O=C(O)N(CCO)CC(=O)N1CCSc2ccc([N+](=O)[O-])cc21. The molecule has 124 valence electrons. The number of carbonyl (C=O) groups is 2. The number of nitro benzene ring substituents is 1. The van der Waals surface area contributed by atoms with Gasteiger partial charge < -0.3 is 15.1 Å². The van der Waals surface area contributed by atoms with Gasteiger partial charge in [-0.3, -0.25) is 19.8 Å². The molecule has 0 unspecified atom stereocenters. The summed E-state index contributed by atoms with van der Waals surface area (Å²) in [5.41, 5.74) is 0.282. The molecule has 1 aromatic carbocycles. The molecule has 0 atom stereocenters. The number of carbonyl (C=O) groups excluding carboxylic acids is 1. The molecule has 0 saturated heterocycles. The molecule has 0 aliphatic carbocycles. The number of fused-ring (bicyclic) bond motifs is 1. The molecular formula is C13H15N3O6S. The van der Waals surface area contributed by atoms with Crippen molar-refractivity contribution in [3.63, 3.8) is 0 Å². The van der Waals surface area contributed by atoms with Crippen molar-refractivity contribution in [1.82, 2.24) is 4.90 Å². The molecule has 1 heterocycles. The Hall–Kier alpha value is -2.33. The molecule has 1 aromatic rings. The van der Waals surface area contributed by atoms with Gasteiger partial charge in [-0.05, 0) is 6.07 Å². The summed E-state index contributed by atoms with van der Waals surface area (Å²) in [5.74, 6) is 0.131. The third-order valence-electron chi connectivity index (χ3n) is 3.28. The lowest BCUT2D eigenvalue weighted by Gasteiger charge is -2.30. The van der Waals surface area contributed by atoms with Crippen LogP contribution >= 0.6 is 11.8 Å². The molecule has 0 aromatic heterocycles. The molecule has 23 heavy (non-hydrogen) atoms. The lowest BCUT2D eigenvalue weighted by atomic mass is 10.2. The molecule has 9 nitrogen and oxygen atoms in total. The van der Waals surface area contributed by atoms with Crippen LogP contribution in [0.4, 0.5) is 16.2 Å². The van der Waals surface area contributed by atoms with Crippen molar-refractivity contribution >= 4 is 35.1 Å². The zero-order valence-electron chi connectivity index (χ0n) is 12.0. The highest BCUT2D eigenvalue weighted by atomic mass is 32.2. The highest BCUT2D eigenvalue weighted by molar-refractivity contribution is 7.99. The van der Waals surface area contributed by atoms with E-state index in [0.717, 1.165) is 9.80 Å². The minimum Gasteiger partial charge on any atom is -0.465 e. The highest BCUT2D eigenvalue weighted by Gasteiger charge is 2.27. The summed E-state index contributed by atoms with van der Waals surface area (Å²) < 4.78 is 0. The maximum atomic E-state index is 12.4. The highest BCUT2D eigenvalue weighted by Crippen LogP contribution is 2.37. The van der Waals surface area contributed by atoms with Gasteiger partial charge in [-0.1, -0.05) is 0 Å². The number of rotatable bonds is 5. The van der Waals surface area contributed by atoms with Crippen LogP contribution in [0, 0.1) is 10.1 Å². The summed E-state index contributed by atoms with van der Waals surface area (Å²) in [6.07, 6.45) is -1.31. The van der Waals surface area contributed by atoms with Crippen LogP contribution in [0.15, 0.2) is 23.1 Å². The first-order valence-electron chi connectivity index (χ1n) is 6.74. The van der Waals surface area contributed by atoms with E-state index < -0.39 is 30.1 Å². The van der Waals surface area contributed by atoms with Gasteiger partial charge in [-0.15, -0.1) is 11.8 Å². The second kappa shape index (κ2) is 7.29. The summed E-state index contributed by atoms with van der Waals surface area (Å²) in [7, 11) is 0. The van der Waals surface area contributed by atoms with Crippen molar-refractivity contribution in [2.75, 3.05) is 36.9 Å². The molecule has 10 heteroatoms. The van der Waals surface area contributed by atoms with Gasteiger partial charge in [0.05, 0.1) is 17.2 Å². The summed E-state index contributed by atoms with van der Waals surface area (Å²) in [6.45, 7) is -0.643. The fraction of sp³-hybridized carbons (Fsp3) is 0.385. The Morgan fingerprint density at radius 3 is 2.78 bits per heavy atom. The smallest absolute Gasteiger partial charge is 0.407 e. The fourth-order valence-corrected chi connectivity index (χ4v) is 3.17. The van der Waals surface area contributed by atoms with E-state index in [1.807, 2.05) is 0 Å². The molecule has 2 rings (SSSR count). The number of hydrogen-bond acceptors (Lipinski definition) is 6. The number of non-ortho nitro benzene ring substituents is 1. The maximum absolute atomic E-state index is 12.4. The van der Waals surface area contributed by atoms with Crippen LogP contribution in [0.5, 0.6) is 0 Å². The van der Waals surface area contributed by atoms with Crippen LogP contribution in [-0.4, -0.2) is 64.0 Å². The van der Waals surface area contributed by atoms with Crippen LogP contribution in [0.1, 0.15) is 0 Å². The van der Waals surface area contributed by atoms with Crippen molar-refractivity contribution in [3.8, 4) is 0 Å². The molecule has 2 N–H and O–H groups in total. The number of thioether (sulfide) groups is 1. The zero-order chi connectivity index (χ0) is 17.0. The van der Waals surface area contributed by atoms with Crippen LogP contribution < -0.4 is 4.90 Å². The number of nitrogens with zero attached hydrogens (tertiary/aromatic N) is 3. The van der Waals surface area contributed by atoms with E-state index in [0.29, 0.717) is 18.0 Å². The average Bonchev–Trinajstić information content (AvgIpc) is 2.53. The molecule has 2 amide bonds. The number of aliphatic hydroxyl groups excluding tert-OH is 1. The molecule has 0 saturated carbocycles. The number of anilines is 1.